The van der Waals surface area contributed by atoms with Crippen LogP contribution in [0.3, 0.4) is 0 Å². The highest BCUT2D eigenvalue weighted by molar-refractivity contribution is 5.87. The SMILES string of the molecule is C.C.C.C.C.C.C.C=C(C)C(=O)OC12CC3CC(C1)CC(OC(C)C(=O)OC1CCCCC1)(C3)C2. The summed E-state index contributed by atoms with van der Waals surface area (Å²) in [6, 6.07) is 0. The van der Waals surface area contributed by atoms with Crippen molar-refractivity contribution in [2.75, 3.05) is 0 Å². The normalized spacial score (nSPS) is 30.5. The maximum absolute atomic E-state index is 12.6. The topological polar surface area (TPSA) is 61.8 Å². The molecular formula is C30H62O5. The van der Waals surface area contributed by atoms with Gasteiger partial charge in [0, 0.05) is 12.0 Å². The van der Waals surface area contributed by atoms with E-state index in [9.17, 15) is 9.59 Å². The molecule has 5 fully saturated rings. The van der Waals surface area contributed by atoms with E-state index in [2.05, 4.69) is 6.58 Å². The van der Waals surface area contributed by atoms with Crippen molar-refractivity contribution in [1.82, 2.24) is 0 Å². The quantitative estimate of drug-likeness (QED) is 0.268. The van der Waals surface area contributed by atoms with Gasteiger partial charge in [0.15, 0.2) is 6.10 Å². The molecule has 4 bridgehead atoms. The van der Waals surface area contributed by atoms with Crippen LogP contribution in [0.15, 0.2) is 12.2 Å². The highest BCUT2D eigenvalue weighted by Crippen LogP contribution is 2.60. The lowest BCUT2D eigenvalue weighted by Crippen LogP contribution is -2.62. The third-order valence-electron chi connectivity index (χ3n) is 7.21. The van der Waals surface area contributed by atoms with Gasteiger partial charge in [0.25, 0.3) is 0 Å². The standard InChI is InChI=1S/C23H34O5.7CH4/c1-15(2)20(24)28-23-12-17-9-18(13-23)11-22(10-17,14-23)27-16(3)21(25)26-19-7-5-4-6-8-19;;;;;;;/h16-19H,1,4-14H2,2-3H3;7*1H4. The second-order valence-electron chi connectivity index (χ2n) is 9.95. The largest absolute Gasteiger partial charge is 0.460 e. The van der Waals surface area contributed by atoms with Gasteiger partial charge in [-0.05, 0) is 83.5 Å². The minimum absolute atomic E-state index is 0. The predicted molar refractivity (Wildman–Crippen MR) is 152 cm³/mol. The van der Waals surface area contributed by atoms with Gasteiger partial charge < -0.3 is 14.2 Å². The summed E-state index contributed by atoms with van der Waals surface area (Å²) in [6.07, 6.45) is 10.5. The highest BCUT2D eigenvalue weighted by atomic mass is 16.6. The van der Waals surface area contributed by atoms with Gasteiger partial charge in [-0.15, -0.1) is 0 Å². The Morgan fingerprint density at radius 2 is 1.31 bits per heavy atom. The van der Waals surface area contributed by atoms with Crippen LogP contribution in [0, 0.1) is 11.8 Å². The number of carbonyl (C=O) groups is 2. The predicted octanol–water partition coefficient (Wildman–Crippen LogP) is 8.93. The smallest absolute Gasteiger partial charge is 0.335 e. The van der Waals surface area contributed by atoms with Gasteiger partial charge >= 0.3 is 11.9 Å². The van der Waals surface area contributed by atoms with Gasteiger partial charge in [-0.2, -0.15) is 0 Å². The van der Waals surface area contributed by atoms with Crippen molar-refractivity contribution < 1.29 is 23.8 Å². The first-order chi connectivity index (χ1) is 13.3. The van der Waals surface area contributed by atoms with Crippen LogP contribution in [0.4, 0.5) is 0 Å². The molecule has 5 saturated carbocycles. The van der Waals surface area contributed by atoms with Crippen LogP contribution in [0.2, 0.25) is 0 Å². The van der Waals surface area contributed by atoms with Crippen molar-refractivity contribution >= 4 is 11.9 Å². The molecule has 3 atom stereocenters. The van der Waals surface area contributed by atoms with E-state index < -0.39 is 11.7 Å². The average molecular weight is 503 g/mol. The molecule has 5 aliphatic carbocycles. The Morgan fingerprint density at radius 1 is 0.829 bits per heavy atom. The first kappa shape index (κ1) is 40.8. The lowest BCUT2D eigenvalue weighted by molar-refractivity contribution is -0.245. The van der Waals surface area contributed by atoms with Gasteiger partial charge in [-0.1, -0.05) is 65.0 Å². The van der Waals surface area contributed by atoms with Crippen LogP contribution in [-0.2, 0) is 23.8 Å². The van der Waals surface area contributed by atoms with Crippen molar-refractivity contribution in [2.45, 2.75) is 160 Å². The number of esters is 2. The number of rotatable bonds is 6. The molecule has 5 aliphatic rings. The molecule has 212 valence electrons. The summed E-state index contributed by atoms with van der Waals surface area (Å²) in [4.78, 5) is 24.9. The van der Waals surface area contributed by atoms with Gasteiger partial charge in [-0.3, -0.25) is 0 Å². The number of ether oxygens (including phenoxy) is 3. The van der Waals surface area contributed by atoms with Gasteiger partial charge in [0.2, 0.25) is 0 Å². The van der Waals surface area contributed by atoms with Crippen molar-refractivity contribution in [2.24, 2.45) is 11.8 Å². The first-order valence-electron chi connectivity index (χ1n) is 11.1. The first-order valence-corrected chi connectivity index (χ1v) is 11.1. The second-order valence-corrected chi connectivity index (χ2v) is 9.95. The summed E-state index contributed by atoms with van der Waals surface area (Å²) in [7, 11) is 0. The molecule has 35 heavy (non-hydrogen) atoms. The minimum atomic E-state index is -0.577. The maximum atomic E-state index is 12.6. The van der Waals surface area contributed by atoms with Crippen molar-refractivity contribution in [1.29, 1.82) is 0 Å². The van der Waals surface area contributed by atoms with Gasteiger partial charge in [0.1, 0.15) is 11.7 Å². The molecule has 0 aromatic heterocycles. The maximum Gasteiger partial charge on any atom is 0.335 e. The third kappa shape index (κ3) is 8.91. The second kappa shape index (κ2) is 15.7. The van der Waals surface area contributed by atoms with Crippen molar-refractivity contribution in [3.63, 3.8) is 0 Å². The fourth-order valence-electron chi connectivity index (χ4n) is 6.50. The molecule has 0 heterocycles. The molecule has 0 saturated heterocycles. The number of hydrogen-bond acceptors (Lipinski definition) is 5. The van der Waals surface area contributed by atoms with E-state index >= 15 is 0 Å². The number of hydrogen-bond donors (Lipinski definition) is 0. The summed E-state index contributed by atoms with van der Waals surface area (Å²) in [5.74, 6) is 0.457. The van der Waals surface area contributed by atoms with E-state index in [0.29, 0.717) is 23.8 Å². The lowest BCUT2D eigenvalue weighted by Gasteiger charge is -2.61. The Morgan fingerprint density at radius 3 is 1.80 bits per heavy atom. The van der Waals surface area contributed by atoms with E-state index in [4.69, 9.17) is 14.2 Å². The molecule has 5 rings (SSSR count). The van der Waals surface area contributed by atoms with E-state index in [1.165, 1.54) is 12.8 Å². The van der Waals surface area contributed by atoms with Crippen molar-refractivity contribution in [3.8, 4) is 0 Å². The zero-order valence-corrected chi connectivity index (χ0v) is 17.3. The molecular weight excluding hydrogens is 440 g/mol. The third-order valence-corrected chi connectivity index (χ3v) is 7.21. The highest BCUT2D eigenvalue weighted by Gasteiger charge is 2.61. The van der Waals surface area contributed by atoms with Crippen LogP contribution in [0.5, 0.6) is 0 Å². The average Bonchev–Trinajstić information content (AvgIpc) is 2.60. The monoisotopic (exact) mass is 502 g/mol. The minimum Gasteiger partial charge on any atom is -0.460 e. The summed E-state index contributed by atoms with van der Waals surface area (Å²) in [6.45, 7) is 7.24. The van der Waals surface area contributed by atoms with Crippen molar-refractivity contribution in [3.05, 3.63) is 12.2 Å². The van der Waals surface area contributed by atoms with Crippen LogP contribution in [-0.4, -0.2) is 35.3 Å². The summed E-state index contributed by atoms with van der Waals surface area (Å²) in [5, 5.41) is 0. The van der Waals surface area contributed by atoms with E-state index in [-0.39, 0.29) is 75.6 Å². The zero-order valence-electron chi connectivity index (χ0n) is 17.3. The molecule has 0 amide bonds. The molecule has 0 radical (unpaired) electrons. The van der Waals surface area contributed by atoms with Gasteiger partial charge in [-0.25, -0.2) is 9.59 Å². The van der Waals surface area contributed by atoms with Crippen LogP contribution < -0.4 is 0 Å². The molecule has 3 unspecified atom stereocenters. The Kier molecular flexibility index (Phi) is 18.3. The Balaban J connectivity index is -0.000000686. The molecule has 0 aromatic carbocycles. The summed E-state index contributed by atoms with van der Waals surface area (Å²) >= 11 is 0. The molecule has 5 nitrogen and oxygen atoms in total. The zero-order chi connectivity index (χ0) is 19.9. The van der Waals surface area contributed by atoms with Crippen LogP contribution in [0.25, 0.3) is 0 Å². The fraction of sp³-hybridized carbons (Fsp3) is 0.867. The van der Waals surface area contributed by atoms with E-state index in [0.717, 1.165) is 51.4 Å². The fourth-order valence-corrected chi connectivity index (χ4v) is 6.50. The van der Waals surface area contributed by atoms with Crippen LogP contribution >= 0.6 is 0 Å². The van der Waals surface area contributed by atoms with E-state index in [1.807, 2.05) is 6.92 Å². The molecule has 0 spiro atoms. The molecule has 0 aromatic rings. The molecule has 0 N–H and O–H groups in total. The van der Waals surface area contributed by atoms with E-state index in [1.54, 1.807) is 6.92 Å². The Labute approximate surface area is 219 Å². The molecule has 0 aliphatic heterocycles. The Bertz CT molecular complexity index is 635. The lowest BCUT2D eigenvalue weighted by atomic mass is 9.52. The number of carbonyl (C=O) groups excluding carboxylic acids is 2. The Hall–Kier alpha value is -1.36. The van der Waals surface area contributed by atoms with Gasteiger partial charge in [0.05, 0.1) is 5.60 Å². The van der Waals surface area contributed by atoms with Crippen LogP contribution in [0.1, 0.15) is 136 Å². The summed E-state index contributed by atoms with van der Waals surface area (Å²) < 4.78 is 18.1. The molecule has 5 heteroatoms. The summed E-state index contributed by atoms with van der Waals surface area (Å²) in [5.41, 5.74) is -0.382.